The molecule has 9 rings (SSSR count). The van der Waals surface area contributed by atoms with Crippen molar-refractivity contribution in [1.82, 2.24) is 0 Å². The molecule has 1 heterocycles. The first-order valence-electron chi connectivity index (χ1n) is 16.5. The van der Waals surface area contributed by atoms with Gasteiger partial charge in [-0.1, -0.05) is 152 Å². The van der Waals surface area contributed by atoms with Gasteiger partial charge in [0, 0.05) is 0 Å². The first kappa shape index (κ1) is 27.5. The number of dihydropyridines is 1. The maximum absolute atomic E-state index is 5.25. The van der Waals surface area contributed by atoms with Crippen molar-refractivity contribution in [3.63, 3.8) is 0 Å². The van der Waals surface area contributed by atoms with Crippen LogP contribution in [-0.4, -0.2) is 5.71 Å². The summed E-state index contributed by atoms with van der Waals surface area (Å²) < 4.78 is 0. The van der Waals surface area contributed by atoms with Crippen LogP contribution >= 0.6 is 0 Å². The molecule has 0 saturated carbocycles. The SMILES string of the molecule is C1=C(c2cccc(-c3cccc4c3-c3cc(-c5ccccc5)c5ccccc5c3C4)c2)CC(c2ccccc2)N=C1c1ccccc1. The van der Waals surface area contributed by atoms with Crippen LogP contribution in [0.4, 0.5) is 0 Å². The standard InChI is InChI=1S/C46H33N/c1-4-14-31(15-5-1)41-30-43-42(40-24-11-10-23-39(40)41)27-36-22-13-25-38(46(36)43)35-21-12-20-34(26-35)37-28-44(32-16-6-2-7-17-32)47-45(29-37)33-18-8-3-9-19-33/h1-26,28,30,45H,27,29H2. The molecule has 0 saturated heterocycles. The lowest BCUT2D eigenvalue weighted by molar-refractivity contribution is 0.748. The van der Waals surface area contributed by atoms with Crippen LogP contribution in [0.15, 0.2) is 175 Å². The molecule has 47 heavy (non-hydrogen) atoms. The van der Waals surface area contributed by atoms with Gasteiger partial charge >= 0.3 is 0 Å². The summed E-state index contributed by atoms with van der Waals surface area (Å²) in [5.74, 6) is 0. The molecule has 0 amide bonds. The molecule has 2 aliphatic rings. The Hall–Kier alpha value is -5.79. The highest BCUT2D eigenvalue weighted by molar-refractivity contribution is 6.13. The summed E-state index contributed by atoms with van der Waals surface area (Å²) in [7, 11) is 0. The third-order valence-electron chi connectivity index (χ3n) is 9.85. The molecule has 1 unspecified atom stereocenters. The van der Waals surface area contributed by atoms with E-state index in [0.717, 1.165) is 24.1 Å². The zero-order valence-electron chi connectivity index (χ0n) is 26.1. The Balaban J connectivity index is 1.17. The van der Waals surface area contributed by atoms with Crippen LogP contribution < -0.4 is 0 Å². The Kier molecular flexibility index (Phi) is 6.75. The predicted octanol–water partition coefficient (Wildman–Crippen LogP) is 11.8. The van der Waals surface area contributed by atoms with E-state index in [4.69, 9.17) is 4.99 Å². The number of nitrogens with zero attached hydrogens (tertiary/aromatic N) is 1. The number of hydrogen-bond donors (Lipinski definition) is 0. The van der Waals surface area contributed by atoms with Gasteiger partial charge in [0.25, 0.3) is 0 Å². The molecule has 1 aliphatic heterocycles. The molecule has 0 fully saturated rings. The molecule has 7 aromatic carbocycles. The summed E-state index contributed by atoms with van der Waals surface area (Å²) >= 11 is 0. The molecule has 0 N–H and O–H groups in total. The minimum absolute atomic E-state index is 0.0765. The van der Waals surface area contributed by atoms with Gasteiger partial charge in [-0.3, -0.25) is 4.99 Å². The molecule has 0 spiro atoms. The van der Waals surface area contributed by atoms with E-state index >= 15 is 0 Å². The highest BCUT2D eigenvalue weighted by Crippen LogP contribution is 2.48. The third-order valence-corrected chi connectivity index (χ3v) is 9.85. The molecule has 0 radical (unpaired) electrons. The largest absolute Gasteiger partial charge is 0.276 e. The van der Waals surface area contributed by atoms with Gasteiger partial charge in [-0.25, -0.2) is 0 Å². The molecule has 1 atom stereocenters. The molecular formula is C46H33N. The summed E-state index contributed by atoms with van der Waals surface area (Å²) in [4.78, 5) is 5.25. The van der Waals surface area contributed by atoms with Gasteiger partial charge in [0.05, 0.1) is 11.8 Å². The van der Waals surface area contributed by atoms with Crippen LogP contribution in [0.3, 0.4) is 0 Å². The van der Waals surface area contributed by atoms with Gasteiger partial charge in [-0.05, 0) is 109 Å². The van der Waals surface area contributed by atoms with Crippen molar-refractivity contribution in [3.8, 4) is 33.4 Å². The number of aliphatic imine (C=N–C) groups is 1. The van der Waals surface area contributed by atoms with E-state index in [0.29, 0.717) is 0 Å². The van der Waals surface area contributed by atoms with Crippen molar-refractivity contribution >= 4 is 22.1 Å². The quantitative estimate of drug-likeness (QED) is 0.187. The number of rotatable bonds is 5. The van der Waals surface area contributed by atoms with E-state index in [1.165, 1.54) is 72.0 Å². The zero-order chi connectivity index (χ0) is 31.2. The Morgan fingerprint density at radius 1 is 0.468 bits per heavy atom. The highest BCUT2D eigenvalue weighted by Gasteiger charge is 2.26. The van der Waals surface area contributed by atoms with Crippen LogP contribution in [-0.2, 0) is 6.42 Å². The molecule has 0 aromatic heterocycles. The highest BCUT2D eigenvalue weighted by atomic mass is 14.8. The van der Waals surface area contributed by atoms with Gasteiger partial charge in [0.1, 0.15) is 0 Å². The summed E-state index contributed by atoms with van der Waals surface area (Å²) in [5, 5.41) is 2.67. The normalized spacial score (nSPS) is 15.1. The lowest BCUT2D eigenvalue weighted by atomic mass is 9.87. The lowest BCUT2D eigenvalue weighted by Crippen LogP contribution is -2.10. The van der Waals surface area contributed by atoms with Crippen molar-refractivity contribution in [3.05, 3.63) is 198 Å². The fourth-order valence-electron chi connectivity index (χ4n) is 7.61. The van der Waals surface area contributed by atoms with Crippen molar-refractivity contribution < 1.29 is 0 Å². The summed E-state index contributed by atoms with van der Waals surface area (Å²) in [6.07, 6.45) is 4.12. The second-order valence-corrected chi connectivity index (χ2v) is 12.6. The number of allylic oxidation sites excluding steroid dienone is 1. The maximum Gasteiger partial charge on any atom is 0.0796 e. The van der Waals surface area contributed by atoms with Crippen molar-refractivity contribution in [2.45, 2.75) is 18.9 Å². The van der Waals surface area contributed by atoms with Gasteiger partial charge < -0.3 is 0 Å². The van der Waals surface area contributed by atoms with E-state index in [2.05, 4.69) is 170 Å². The van der Waals surface area contributed by atoms with Crippen LogP contribution in [0.1, 0.15) is 40.3 Å². The molecule has 222 valence electrons. The second-order valence-electron chi connectivity index (χ2n) is 12.6. The summed E-state index contributed by atoms with van der Waals surface area (Å²) in [6.45, 7) is 0. The van der Waals surface area contributed by atoms with Crippen LogP contribution in [0, 0.1) is 0 Å². The van der Waals surface area contributed by atoms with Gasteiger partial charge in [0.15, 0.2) is 0 Å². The zero-order valence-corrected chi connectivity index (χ0v) is 26.1. The van der Waals surface area contributed by atoms with Gasteiger partial charge in [-0.15, -0.1) is 0 Å². The van der Waals surface area contributed by atoms with Crippen molar-refractivity contribution in [2.24, 2.45) is 4.99 Å². The summed E-state index contributed by atoms with van der Waals surface area (Å²) in [5.41, 5.74) is 16.7. The lowest BCUT2D eigenvalue weighted by Gasteiger charge is -2.23. The Labute approximate surface area is 276 Å². The minimum atomic E-state index is 0.0765. The Morgan fingerprint density at radius 2 is 1.11 bits per heavy atom. The first-order valence-corrected chi connectivity index (χ1v) is 16.5. The summed E-state index contributed by atoms with van der Waals surface area (Å²) in [6, 6.07) is 59.6. The van der Waals surface area contributed by atoms with Crippen LogP contribution in [0.5, 0.6) is 0 Å². The van der Waals surface area contributed by atoms with Crippen LogP contribution in [0.25, 0.3) is 49.7 Å². The molecule has 7 aromatic rings. The van der Waals surface area contributed by atoms with E-state index < -0.39 is 0 Å². The smallest absolute Gasteiger partial charge is 0.0796 e. The molecule has 1 heteroatoms. The number of fused-ring (bicyclic) bond motifs is 5. The van der Waals surface area contributed by atoms with E-state index in [9.17, 15) is 0 Å². The monoisotopic (exact) mass is 599 g/mol. The third kappa shape index (κ3) is 4.92. The first-order chi connectivity index (χ1) is 23.3. The van der Waals surface area contributed by atoms with Crippen LogP contribution in [0.2, 0.25) is 0 Å². The second kappa shape index (κ2) is 11.5. The maximum atomic E-state index is 5.25. The number of benzene rings is 7. The van der Waals surface area contributed by atoms with Crippen molar-refractivity contribution in [2.75, 3.05) is 0 Å². The van der Waals surface area contributed by atoms with Gasteiger partial charge in [-0.2, -0.15) is 0 Å². The molecular weight excluding hydrogens is 567 g/mol. The van der Waals surface area contributed by atoms with E-state index in [1.807, 2.05) is 0 Å². The fourth-order valence-corrected chi connectivity index (χ4v) is 7.61. The number of hydrogen-bond acceptors (Lipinski definition) is 1. The molecule has 1 aliphatic carbocycles. The Bertz CT molecular complexity index is 2330. The topological polar surface area (TPSA) is 12.4 Å². The van der Waals surface area contributed by atoms with E-state index in [1.54, 1.807) is 0 Å². The molecule has 0 bridgehead atoms. The molecule has 1 nitrogen and oxygen atoms in total. The van der Waals surface area contributed by atoms with Gasteiger partial charge in [0.2, 0.25) is 0 Å². The minimum Gasteiger partial charge on any atom is -0.276 e. The predicted molar refractivity (Wildman–Crippen MR) is 198 cm³/mol. The van der Waals surface area contributed by atoms with E-state index in [-0.39, 0.29) is 6.04 Å². The average molecular weight is 600 g/mol. The fraction of sp³-hybridized carbons (Fsp3) is 0.0652. The Morgan fingerprint density at radius 3 is 1.89 bits per heavy atom. The average Bonchev–Trinajstić information content (AvgIpc) is 3.55. The van der Waals surface area contributed by atoms with Crippen molar-refractivity contribution in [1.29, 1.82) is 0 Å².